The van der Waals surface area contributed by atoms with E-state index in [1.165, 1.54) is 38.5 Å². The summed E-state index contributed by atoms with van der Waals surface area (Å²) in [4.78, 5) is 12.7. The third kappa shape index (κ3) is 4.88. The number of carbonyl (C=O) groups is 1. The number of ether oxygens (including phenoxy) is 3. The van der Waals surface area contributed by atoms with Gasteiger partial charge in [-0.05, 0) is 30.7 Å². The molecule has 9 heteroatoms. The summed E-state index contributed by atoms with van der Waals surface area (Å²) in [6, 6.07) is 7.38. The van der Waals surface area contributed by atoms with Crippen molar-refractivity contribution in [3.63, 3.8) is 0 Å². The fraction of sp³-hybridized carbons (Fsp3) is 0.316. The molecular formula is C19H22ClNO6S. The molecule has 0 heterocycles. The zero-order valence-electron chi connectivity index (χ0n) is 16.0. The molecule has 0 saturated carbocycles. The monoisotopic (exact) mass is 427 g/mol. The Morgan fingerprint density at radius 2 is 1.82 bits per heavy atom. The summed E-state index contributed by atoms with van der Waals surface area (Å²) in [5.74, 6) is 0.292. The van der Waals surface area contributed by atoms with E-state index in [1.54, 1.807) is 6.07 Å². The molecule has 0 unspecified atom stereocenters. The molecule has 0 aromatic heterocycles. The van der Waals surface area contributed by atoms with Gasteiger partial charge in [0, 0.05) is 11.8 Å². The van der Waals surface area contributed by atoms with Crippen molar-refractivity contribution in [3.8, 4) is 17.2 Å². The van der Waals surface area contributed by atoms with Crippen molar-refractivity contribution in [1.29, 1.82) is 0 Å². The Kier molecular flexibility index (Phi) is 7.15. The van der Waals surface area contributed by atoms with Crippen molar-refractivity contribution < 1.29 is 27.4 Å². The van der Waals surface area contributed by atoms with E-state index < -0.39 is 15.7 Å². The second-order valence-electron chi connectivity index (χ2n) is 5.90. The minimum Gasteiger partial charge on any atom is -0.495 e. The number of anilines is 1. The molecule has 28 heavy (non-hydrogen) atoms. The Labute approximate surface area is 169 Å². The Hall–Kier alpha value is -2.45. The third-order valence-electron chi connectivity index (χ3n) is 3.79. The first kappa shape index (κ1) is 21.8. The largest absolute Gasteiger partial charge is 0.495 e. The Bertz CT molecular complexity index is 975. The van der Waals surface area contributed by atoms with Crippen molar-refractivity contribution in [2.24, 2.45) is 0 Å². The summed E-state index contributed by atoms with van der Waals surface area (Å²) in [6.07, 6.45) is 1.83. The van der Waals surface area contributed by atoms with Crippen LogP contribution >= 0.6 is 11.6 Å². The molecule has 2 aromatic carbocycles. The van der Waals surface area contributed by atoms with Crippen LogP contribution in [-0.2, 0) is 9.84 Å². The van der Waals surface area contributed by atoms with E-state index in [1.807, 2.05) is 6.92 Å². The lowest BCUT2D eigenvalue weighted by Crippen LogP contribution is -2.16. The molecule has 0 radical (unpaired) electrons. The second kappa shape index (κ2) is 9.16. The summed E-state index contributed by atoms with van der Waals surface area (Å²) in [7, 11) is -0.773. The normalized spacial score (nSPS) is 11.0. The number of amides is 1. The lowest BCUT2D eigenvalue weighted by atomic mass is 10.1. The van der Waals surface area contributed by atoms with Gasteiger partial charge in [-0.3, -0.25) is 4.79 Å². The molecule has 2 rings (SSSR count). The first-order chi connectivity index (χ1) is 13.2. The first-order valence-corrected chi connectivity index (χ1v) is 10.7. The molecule has 0 aliphatic carbocycles. The predicted octanol–water partition coefficient (Wildman–Crippen LogP) is 3.80. The summed E-state index contributed by atoms with van der Waals surface area (Å²) in [5.41, 5.74) is 0.231. The third-order valence-corrected chi connectivity index (χ3v) is 5.21. The Morgan fingerprint density at radius 1 is 1.14 bits per heavy atom. The molecule has 2 aromatic rings. The van der Waals surface area contributed by atoms with Crippen LogP contribution < -0.4 is 19.5 Å². The number of halogens is 1. The van der Waals surface area contributed by atoms with Crippen LogP contribution in [0.5, 0.6) is 17.2 Å². The lowest BCUT2D eigenvalue weighted by molar-refractivity contribution is 0.102. The van der Waals surface area contributed by atoms with Gasteiger partial charge >= 0.3 is 0 Å². The average Bonchev–Trinajstić information content (AvgIpc) is 2.65. The molecule has 0 atom stereocenters. The van der Waals surface area contributed by atoms with Gasteiger partial charge in [-0.2, -0.15) is 0 Å². The van der Waals surface area contributed by atoms with Gasteiger partial charge < -0.3 is 19.5 Å². The molecule has 152 valence electrons. The van der Waals surface area contributed by atoms with Crippen LogP contribution in [0.4, 0.5) is 5.69 Å². The van der Waals surface area contributed by atoms with Gasteiger partial charge in [0.15, 0.2) is 21.3 Å². The van der Waals surface area contributed by atoms with Crippen molar-refractivity contribution in [3.05, 3.63) is 40.9 Å². The standard InChI is InChI=1S/C19H22ClNO6S/c1-5-9-27-18-13(20)10-12(11-15(18)26-3)19(22)21-17-14(25-2)7-6-8-16(17)28(4,23)24/h6-8,10-11H,5,9H2,1-4H3,(H,21,22). The number of rotatable bonds is 8. The van der Waals surface area contributed by atoms with Crippen molar-refractivity contribution >= 4 is 33.0 Å². The SMILES string of the molecule is CCCOc1c(Cl)cc(C(=O)Nc2c(OC)cccc2S(C)(=O)=O)cc1OC. The molecule has 7 nitrogen and oxygen atoms in total. The number of carbonyl (C=O) groups excluding carboxylic acids is 1. The summed E-state index contributed by atoms with van der Waals surface area (Å²) in [6.45, 7) is 2.40. The second-order valence-corrected chi connectivity index (χ2v) is 8.29. The smallest absolute Gasteiger partial charge is 0.255 e. The highest BCUT2D eigenvalue weighted by molar-refractivity contribution is 7.90. The molecule has 0 saturated heterocycles. The maximum Gasteiger partial charge on any atom is 0.255 e. The first-order valence-electron chi connectivity index (χ1n) is 8.41. The number of hydrogen-bond donors (Lipinski definition) is 1. The van der Waals surface area contributed by atoms with Gasteiger partial charge in [0.05, 0.1) is 30.7 Å². The van der Waals surface area contributed by atoms with Crippen LogP contribution in [0.3, 0.4) is 0 Å². The minimum atomic E-state index is -3.60. The van der Waals surface area contributed by atoms with Gasteiger partial charge in [-0.15, -0.1) is 0 Å². The Balaban J connectivity index is 2.45. The van der Waals surface area contributed by atoms with E-state index in [-0.39, 0.29) is 26.9 Å². The van der Waals surface area contributed by atoms with Gasteiger partial charge in [-0.25, -0.2) is 8.42 Å². The van der Waals surface area contributed by atoms with Crippen molar-refractivity contribution in [2.45, 2.75) is 18.2 Å². The van der Waals surface area contributed by atoms with Crippen LogP contribution in [0.2, 0.25) is 5.02 Å². The summed E-state index contributed by atoms with van der Waals surface area (Å²) in [5, 5.41) is 2.81. The van der Waals surface area contributed by atoms with Crippen LogP contribution in [0.15, 0.2) is 35.2 Å². The molecule has 0 aliphatic heterocycles. The highest BCUT2D eigenvalue weighted by Gasteiger charge is 2.21. The van der Waals surface area contributed by atoms with E-state index >= 15 is 0 Å². The molecule has 1 amide bonds. The van der Waals surface area contributed by atoms with Gasteiger partial charge in [-0.1, -0.05) is 24.6 Å². The number of sulfone groups is 1. The van der Waals surface area contributed by atoms with Crippen LogP contribution in [0.25, 0.3) is 0 Å². The van der Waals surface area contributed by atoms with Crippen molar-refractivity contribution in [2.75, 3.05) is 32.4 Å². The number of methoxy groups -OCH3 is 2. The fourth-order valence-corrected chi connectivity index (χ4v) is 3.61. The predicted molar refractivity (Wildman–Crippen MR) is 108 cm³/mol. The minimum absolute atomic E-state index is 0.0545. The van der Waals surface area contributed by atoms with Crippen LogP contribution in [-0.4, -0.2) is 41.4 Å². The quantitative estimate of drug-likeness (QED) is 0.689. The maximum absolute atomic E-state index is 12.8. The fourth-order valence-electron chi connectivity index (χ4n) is 2.49. The van der Waals surface area contributed by atoms with Crippen LogP contribution in [0.1, 0.15) is 23.7 Å². The van der Waals surface area contributed by atoms with E-state index in [9.17, 15) is 13.2 Å². The zero-order chi connectivity index (χ0) is 20.9. The molecule has 1 N–H and O–H groups in total. The number of benzene rings is 2. The molecule has 0 aliphatic rings. The van der Waals surface area contributed by atoms with E-state index in [2.05, 4.69) is 5.32 Å². The maximum atomic E-state index is 12.8. The summed E-state index contributed by atoms with van der Waals surface area (Å²) >= 11 is 6.25. The van der Waals surface area contributed by atoms with E-state index in [0.29, 0.717) is 18.1 Å². The highest BCUT2D eigenvalue weighted by atomic mass is 35.5. The zero-order valence-corrected chi connectivity index (χ0v) is 17.6. The highest BCUT2D eigenvalue weighted by Crippen LogP contribution is 2.37. The molecule has 0 fully saturated rings. The van der Waals surface area contributed by atoms with Crippen molar-refractivity contribution in [1.82, 2.24) is 0 Å². The number of hydrogen-bond acceptors (Lipinski definition) is 6. The number of nitrogens with one attached hydrogen (secondary N) is 1. The van der Waals surface area contributed by atoms with Gasteiger partial charge in [0.2, 0.25) is 0 Å². The lowest BCUT2D eigenvalue weighted by Gasteiger charge is -2.16. The van der Waals surface area contributed by atoms with Crippen LogP contribution in [0, 0.1) is 0 Å². The topological polar surface area (TPSA) is 90.9 Å². The van der Waals surface area contributed by atoms with Gasteiger partial charge in [0.1, 0.15) is 11.4 Å². The Morgan fingerprint density at radius 3 is 2.39 bits per heavy atom. The molecular weight excluding hydrogens is 406 g/mol. The molecule has 0 bridgehead atoms. The average molecular weight is 428 g/mol. The molecule has 0 spiro atoms. The van der Waals surface area contributed by atoms with E-state index in [4.69, 9.17) is 25.8 Å². The summed E-state index contributed by atoms with van der Waals surface area (Å²) < 4.78 is 40.2. The van der Waals surface area contributed by atoms with E-state index in [0.717, 1.165) is 12.7 Å². The van der Waals surface area contributed by atoms with Gasteiger partial charge in [0.25, 0.3) is 5.91 Å². The number of para-hydroxylation sites is 1.